The molecule has 0 spiro atoms. The van der Waals surface area contributed by atoms with Crippen molar-refractivity contribution in [3.05, 3.63) is 54.2 Å². The number of nitrogens with zero attached hydrogens (tertiary/aromatic N) is 2. The average Bonchev–Trinajstić information content (AvgIpc) is 3.11. The second kappa shape index (κ2) is 5.82. The summed E-state index contributed by atoms with van der Waals surface area (Å²) in [5.74, 6) is -1.52. The summed E-state index contributed by atoms with van der Waals surface area (Å²) in [6.45, 7) is 0. The topological polar surface area (TPSA) is 98.0 Å². The number of rotatable bonds is 4. The summed E-state index contributed by atoms with van der Waals surface area (Å²) in [4.78, 5) is 16.7. The maximum Gasteiger partial charge on any atom is 0.339 e. The number of carboxylic acids is 1. The van der Waals surface area contributed by atoms with Gasteiger partial charge in [-0.1, -0.05) is 29.5 Å². The Morgan fingerprint density at radius 3 is 2.69 bits per heavy atom. The summed E-state index contributed by atoms with van der Waals surface area (Å²) < 4.78 is 31.2. The summed E-state index contributed by atoms with van der Waals surface area (Å²) in [7, 11) is -3.91. The van der Waals surface area contributed by atoms with E-state index in [0.29, 0.717) is 16.2 Å². The third kappa shape index (κ3) is 2.80. The Hall–Kier alpha value is -2.91. The van der Waals surface area contributed by atoms with E-state index < -0.39 is 16.1 Å². The van der Waals surface area contributed by atoms with Gasteiger partial charge in [0.05, 0.1) is 22.2 Å². The van der Waals surface area contributed by atoms with Gasteiger partial charge in [-0.05, 0) is 24.3 Å². The van der Waals surface area contributed by atoms with E-state index in [0.717, 1.165) is 16.5 Å². The standard InChI is InChI=1S/C17H12N2O5S2/c1-26(22,23)24-15-10(5-4-6-11(15)16(20)21)12-9-19-13-7-2-3-8-14(13)25-17(19)18-12/h2-9H,1H3,(H,20,21). The zero-order chi connectivity index (χ0) is 18.5. The number of aromatic nitrogens is 2. The first kappa shape index (κ1) is 16.6. The summed E-state index contributed by atoms with van der Waals surface area (Å²) in [5, 5.41) is 9.38. The zero-order valence-corrected chi connectivity index (χ0v) is 15.0. The van der Waals surface area contributed by atoms with Gasteiger partial charge in [0.1, 0.15) is 5.56 Å². The molecule has 0 aliphatic carbocycles. The van der Waals surface area contributed by atoms with Crippen molar-refractivity contribution in [3.8, 4) is 17.0 Å². The molecule has 132 valence electrons. The molecule has 0 atom stereocenters. The summed E-state index contributed by atoms with van der Waals surface area (Å²) in [6, 6.07) is 12.2. The van der Waals surface area contributed by atoms with E-state index in [1.807, 2.05) is 28.7 Å². The lowest BCUT2D eigenvalue weighted by Gasteiger charge is -2.10. The molecule has 7 nitrogen and oxygen atoms in total. The number of carboxylic acid groups (broad SMARTS) is 1. The smallest absolute Gasteiger partial charge is 0.339 e. The largest absolute Gasteiger partial charge is 0.478 e. The predicted octanol–water partition coefficient (Wildman–Crippen LogP) is 3.25. The lowest BCUT2D eigenvalue weighted by atomic mass is 10.1. The fourth-order valence-electron chi connectivity index (χ4n) is 2.73. The van der Waals surface area contributed by atoms with E-state index in [1.165, 1.54) is 23.5 Å². The molecule has 0 saturated heterocycles. The van der Waals surface area contributed by atoms with Crippen molar-refractivity contribution in [2.75, 3.05) is 6.26 Å². The highest BCUT2D eigenvalue weighted by atomic mass is 32.2. The molecule has 2 aromatic heterocycles. The number of thiazole rings is 1. The van der Waals surface area contributed by atoms with Crippen LogP contribution in [0.4, 0.5) is 0 Å². The second-order valence-corrected chi connectivity index (χ2v) is 8.21. The average molecular weight is 388 g/mol. The van der Waals surface area contributed by atoms with Crippen LogP contribution in [0.25, 0.3) is 26.4 Å². The Bertz CT molecular complexity index is 1270. The first-order valence-corrected chi connectivity index (χ1v) is 10.1. The highest BCUT2D eigenvalue weighted by Crippen LogP contribution is 2.36. The molecule has 4 rings (SSSR count). The third-order valence-electron chi connectivity index (χ3n) is 3.76. The van der Waals surface area contributed by atoms with Gasteiger partial charge in [-0.15, -0.1) is 0 Å². The van der Waals surface area contributed by atoms with Crippen LogP contribution in [0, 0.1) is 0 Å². The normalized spacial score (nSPS) is 11.9. The molecule has 2 heterocycles. The van der Waals surface area contributed by atoms with Crippen LogP contribution in [-0.2, 0) is 10.1 Å². The van der Waals surface area contributed by atoms with Crippen molar-refractivity contribution >= 4 is 42.6 Å². The molecule has 0 unspecified atom stereocenters. The molecule has 9 heteroatoms. The van der Waals surface area contributed by atoms with Crippen molar-refractivity contribution in [2.45, 2.75) is 0 Å². The molecular formula is C17H12N2O5S2. The molecule has 1 N–H and O–H groups in total. The summed E-state index contributed by atoms with van der Waals surface area (Å²) >= 11 is 1.48. The molecule has 0 aliphatic heterocycles. The Morgan fingerprint density at radius 2 is 1.96 bits per heavy atom. The molecule has 0 radical (unpaired) electrons. The third-order valence-corrected chi connectivity index (χ3v) is 5.26. The van der Waals surface area contributed by atoms with Crippen LogP contribution < -0.4 is 4.18 Å². The number of hydrogen-bond donors (Lipinski definition) is 1. The van der Waals surface area contributed by atoms with Crippen molar-refractivity contribution < 1.29 is 22.5 Å². The Kier molecular flexibility index (Phi) is 3.70. The number of imidazole rings is 1. The van der Waals surface area contributed by atoms with E-state index in [4.69, 9.17) is 4.18 Å². The van der Waals surface area contributed by atoms with Crippen LogP contribution >= 0.6 is 11.3 Å². The highest BCUT2D eigenvalue weighted by Gasteiger charge is 2.22. The van der Waals surface area contributed by atoms with Crippen molar-refractivity contribution in [1.82, 2.24) is 9.38 Å². The number of benzene rings is 2. The summed E-state index contributed by atoms with van der Waals surface area (Å²) in [6.07, 6.45) is 2.61. The van der Waals surface area contributed by atoms with Gasteiger partial charge in [-0.2, -0.15) is 8.42 Å². The summed E-state index contributed by atoms with van der Waals surface area (Å²) in [5.41, 5.74) is 1.46. The molecule has 0 saturated carbocycles. The number of aromatic carboxylic acids is 1. The molecule has 0 bridgehead atoms. The van der Waals surface area contributed by atoms with Gasteiger partial charge in [-0.3, -0.25) is 4.40 Å². The number of para-hydroxylation sites is 2. The van der Waals surface area contributed by atoms with E-state index in [2.05, 4.69) is 4.98 Å². The van der Waals surface area contributed by atoms with E-state index >= 15 is 0 Å². The number of hydrogen-bond acceptors (Lipinski definition) is 6. The van der Waals surface area contributed by atoms with Gasteiger partial charge in [0.2, 0.25) is 0 Å². The van der Waals surface area contributed by atoms with Crippen molar-refractivity contribution in [1.29, 1.82) is 0 Å². The Morgan fingerprint density at radius 1 is 1.19 bits per heavy atom. The Labute approximate surface area is 152 Å². The van der Waals surface area contributed by atoms with Crippen LogP contribution in [-0.4, -0.2) is 35.1 Å². The van der Waals surface area contributed by atoms with E-state index in [9.17, 15) is 18.3 Å². The van der Waals surface area contributed by atoms with Gasteiger partial charge < -0.3 is 9.29 Å². The van der Waals surface area contributed by atoms with Crippen molar-refractivity contribution in [3.63, 3.8) is 0 Å². The van der Waals surface area contributed by atoms with Gasteiger partial charge in [0, 0.05) is 11.8 Å². The first-order valence-electron chi connectivity index (χ1n) is 7.46. The van der Waals surface area contributed by atoms with E-state index in [-0.39, 0.29) is 11.3 Å². The zero-order valence-electron chi connectivity index (χ0n) is 13.4. The molecular weight excluding hydrogens is 376 g/mol. The lowest BCUT2D eigenvalue weighted by molar-refractivity contribution is 0.0695. The molecule has 0 aliphatic rings. The lowest BCUT2D eigenvalue weighted by Crippen LogP contribution is -2.11. The van der Waals surface area contributed by atoms with Crippen LogP contribution in [0.5, 0.6) is 5.75 Å². The number of carbonyl (C=O) groups is 1. The minimum absolute atomic E-state index is 0.238. The molecule has 2 aromatic carbocycles. The van der Waals surface area contributed by atoms with Crippen LogP contribution in [0.1, 0.15) is 10.4 Å². The van der Waals surface area contributed by atoms with E-state index in [1.54, 1.807) is 12.3 Å². The second-order valence-electron chi connectivity index (χ2n) is 5.62. The SMILES string of the molecule is CS(=O)(=O)Oc1c(C(=O)O)cccc1-c1cn2c(n1)sc1ccccc12. The maximum absolute atomic E-state index is 11.6. The quantitative estimate of drug-likeness (QED) is 0.539. The first-order chi connectivity index (χ1) is 12.3. The highest BCUT2D eigenvalue weighted by molar-refractivity contribution is 7.86. The molecule has 0 amide bonds. The molecule has 26 heavy (non-hydrogen) atoms. The minimum atomic E-state index is -3.91. The van der Waals surface area contributed by atoms with Gasteiger partial charge in [0.15, 0.2) is 10.7 Å². The monoisotopic (exact) mass is 388 g/mol. The Balaban J connectivity index is 1.96. The van der Waals surface area contributed by atoms with Crippen LogP contribution in [0.15, 0.2) is 48.7 Å². The van der Waals surface area contributed by atoms with Gasteiger partial charge in [-0.25, -0.2) is 9.78 Å². The minimum Gasteiger partial charge on any atom is -0.478 e. The molecule has 4 aromatic rings. The fourth-order valence-corrected chi connectivity index (χ4v) is 4.22. The van der Waals surface area contributed by atoms with Crippen molar-refractivity contribution in [2.24, 2.45) is 0 Å². The predicted molar refractivity (Wildman–Crippen MR) is 98.4 cm³/mol. The van der Waals surface area contributed by atoms with Gasteiger partial charge >= 0.3 is 16.1 Å². The van der Waals surface area contributed by atoms with Gasteiger partial charge in [0.25, 0.3) is 0 Å². The molecule has 0 fully saturated rings. The van der Waals surface area contributed by atoms with Crippen LogP contribution in [0.2, 0.25) is 0 Å². The maximum atomic E-state index is 11.6. The fraction of sp³-hybridized carbons (Fsp3) is 0.0588. The van der Waals surface area contributed by atoms with Crippen LogP contribution in [0.3, 0.4) is 0 Å². The number of fused-ring (bicyclic) bond motifs is 3.